The normalized spacial score (nSPS) is 12.4. The van der Waals surface area contributed by atoms with Crippen LogP contribution in [0.25, 0.3) is 51.2 Å². The van der Waals surface area contributed by atoms with Gasteiger partial charge in [0.2, 0.25) is 0 Å². The van der Waals surface area contributed by atoms with Crippen LogP contribution in [-0.4, -0.2) is 30.1 Å². The van der Waals surface area contributed by atoms with Crippen LogP contribution in [0.15, 0.2) is 84.8 Å². The number of imidazole rings is 1. The Labute approximate surface area is 224 Å². The van der Waals surface area contributed by atoms with Crippen molar-refractivity contribution in [3.05, 3.63) is 112 Å². The Kier molecular flexibility index (Phi) is 6.50. The molecule has 2 N–H and O–H groups in total. The lowest BCUT2D eigenvalue weighted by Crippen LogP contribution is -2.21. The summed E-state index contributed by atoms with van der Waals surface area (Å²) in [5.41, 5.74) is 8.22. The van der Waals surface area contributed by atoms with Gasteiger partial charge in [-0.2, -0.15) is 5.10 Å². The number of benzene rings is 1. The molecule has 0 fully saturated rings. The second-order valence-corrected chi connectivity index (χ2v) is 10.1. The number of aromatic nitrogens is 6. The minimum Gasteiger partial charge on any atom is -0.335 e. The summed E-state index contributed by atoms with van der Waals surface area (Å²) in [6.07, 6.45) is 13.5. The van der Waals surface area contributed by atoms with Crippen LogP contribution in [0.2, 0.25) is 0 Å². The van der Waals surface area contributed by atoms with Gasteiger partial charge in [0.05, 0.1) is 17.1 Å². The molecule has 38 heavy (non-hydrogen) atoms. The number of hydrogen-bond acceptors (Lipinski definition) is 5. The standard InChI is InChI=1S/C31H26N6S/c1-20(24-15-23(16-32-17-24)12-11-22-7-4-3-5-8-22)10-13-26-21(2)29(37-36-26)31-34-27-19-33-18-25(30(27)35-31)28-9-6-14-38-28/h3-10,13-19,36H,2,11-12H2,1H3,(H,34,35)/b20-10+,26-13+. The first kappa shape index (κ1) is 23.8. The number of hydrogen-bond donors (Lipinski definition) is 2. The summed E-state index contributed by atoms with van der Waals surface area (Å²) in [5, 5.41) is 11.3. The minimum atomic E-state index is 0.669. The largest absolute Gasteiger partial charge is 0.335 e. The quantitative estimate of drug-likeness (QED) is 0.293. The molecule has 0 saturated heterocycles. The Hall–Kier alpha value is -4.62. The predicted molar refractivity (Wildman–Crippen MR) is 156 cm³/mol. The van der Waals surface area contributed by atoms with Crippen molar-refractivity contribution in [1.82, 2.24) is 30.1 Å². The molecule has 0 atom stereocenters. The highest BCUT2D eigenvalue weighted by molar-refractivity contribution is 7.13. The lowest BCUT2D eigenvalue weighted by molar-refractivity contribution is 0.948. The molecule has 0 spiro atoms. The van der Waals surface area contributed by atoms with Gasteiger partial charge < -0.3 is 4.98 Å². The summed E-state index contributed by atoms with van der Waals surface area (Å²) >= 11 is 1.67. The van der Waals surface area contributed by atoms with Gasteiger partial charge in [0, 0.05) is 34.2 Å². The Morgan fingerprint density at radius 2 is 1.82 bits per heavy atom. The molecule has 6 nitrogen and oxygen atoms in total. The van der Waals surface area contributed by atoms with Crippen molar-refractivity contribution in [2.24, 2.45) is 0 Å². The smallest absolute Gasteiger partial charge is 0.159 e. The van der Waals surface area contributed by atoms with Crippen LogP contribution in [-0.2, 0) is 12.8 Å². The number of allylic oxidation sites excluding steroid dienone is 2. The van der Waals surface area contributed by atoms with Crippen molar-refractivity contribution in [3.8, 4) is 22.0 Å². The van der Waals surface area contributed by atoms with Crippen molar-refractivity contribution in [1.29, 1.82) is 0 Å². The van der Waals surface area contributed by atoms with Crippen LogP contribution in [0.5, 0.6) is 0 Å². The van der Waals surface area contributed by atoms with Gasteiger partial charge in [0.1, 0.15) is 11.2 Å². The third kappa shape index (κ3) is 4.84. The molecule has 1 aromatic carbocycles. The van der Waals surface area contributed by atoms with E-state index in [1.54, 1.807) is 17.5 Å². The maximum atomic E-state index is 4.86. The number of aromatic amines is 2. The van der Waals surface area contributed by atoms with Gasteiger partial charge in [-0.15, -0.1) is 11.3 Å². The van der Waals surface area contributed by atoms with Gasteiger partial charge in [-0.05, 0) is 65.6 Å². The molecule has 0 aliphatic rings. The monoisotopic (exact) mass is 514 g/mol. The van der Waals surface area contributed by atoms with Gasteiger partial charge >= 0.3 is 0 Å². The minimum absolute atomic E-state index is 0.669. The van der Waals surface area contributed by atoms with E-state index < -0.39 is 0 Å². The molecule has 0 aliphatic carbocycles. The highest BCUT2D eigenvalue weighted by atomic mass is 32.1. The SMILES string of the molecule is C=c1c(-c2nc3c(-c4cccs4)cncc3[nH]2)n[nH]/c1=C/C=C(\C)c1cncc(CCc2ccccc2)c1. The molecule has 0 amide bonds. The number of thiophene rings is 1. The van der Waals surface area contributed by atoms with Crippen LogP contribution >= 0.6 is 11.3 Å². The maximum Gasteiger partial charge on any atom is 0.159 e. The van der Waals surface area contributed by atoms with E-state index in [1.165, 1.54) is 11.1 Å². The molecular weight excluding hydrogens is 488 g/mol. The van der Waals surface area contributed by atoms with Crippen molar-refractivity contribution in [2.75, 3.05) is 0 Å². The zero-order chi connectivity index (χ0) is 25.9. The number of H-pyrrole nitrogens is 2. The van der Waals surface area contributed by atoms with E-state index in [9.17, 15) is 0 Å². The van der Waals surface area contributed by atoms with Crippen molar-refractivity contribution < 1.29 is 0 Å². The first-order valence-electron chi connectivity index (χ1n) is 12.4. The van der Waals surface area contributed by atoms with Crippen molar-refractivity contribution >= 4 is 40.6 Å². The number of aryl methyl sites for hydroxylation is 2. The van der Waals surface area contributed by atoms with Gasteiger partial charge in [-0.25, -0.2) is 4.98 Å². The summed E-state index contributed by atoms with van der Waals surface area (Å²) in [4.78, 5) is 18.2. The molecule has 0 aliphatic heterocycles. The van der Waals surface area contributed by atoms with E-state index >= 15 is 0 Å². The lowest BCUT2D eigenvalue weighted by atomic mass is 10.0. The average molecular weight is 515 g/mol. The van der Waals surface area contributed by atoms with Gasteiger partial charge in [0.25, 0.3) is 0 Å². The highest BCUT2D eigenvalue weighted by Gasteiger charge is 2.14. The van der Waals surface area contributed by atoms with Crippen LogP contribution in [0, 0.1) is 0 Å². The molecule has 0 bridgehead atoms. The van der Waals surface area contributed by atoms with E-state index in [4.69, 9.17) is 4.98 Å². The number of rotatable bonds is 7. The van der Waals surface area contributed by atoms with E-state index in [0.29, 0.717) is 11.5 Å². The average Bonchev–Trinajstić information content (AvgIpc) is 3.71. The zero-order valence-electron chi connectivity index (χ0n) is 21.0. The van der Waals surface area contributed by atoms with Gasteiger partial charge in [0.15, 0.2) is 5.82 Å². The second-order valence-electron chi connectivity index (χ2n) is 9.19. The maximum absolute atomic E-state index is 4.86. The van der Waals surface area contributed by atoms with E-state index in [-0.39, 0.29) is 0 Å². The fourth-order valence-corrected chi connectivity index (χ4v) is 5.18. The topological polar surface area (TPSA) is 83.1 Å². The fourth-order valence-electron chi connectivity index (χ4n) is 4.45. The van der Waals surface area contributed by atoms with Crippen LogP contribution in [0.4, 0.5) is 0 Å². The molecule has 5 aromatic heterocycles. The molecule has 0 unspecified atom stereocenters. The summed E-state index contributed by atoms with van der Waals surface area (Å²) in [6, 6.07) is 16.9. The molecule has 5 heterocycles. The first-order valence-corrected chi connectivity index (χ1v) is 13.3. The molecule has 7 heteroatoms. The predicted octanol–water partition coefficient (Wildman–Crippen LogP) is 5.55. The summed E-state index contributed by atoms with van der Waals surface area (Å²) in [5.74, 6) is 0.669. The number of fused-ring (bicyclic) bond motifs is 1. The Balaban J connectivity index is 1.25. The molecule has 6 rings (SSSR count). The van der Waals surface area contributed by atoms with Crippen LogP contribution in [0.1, 0.15) is 23.6 Å². The molecular formula is C31H26N6S. The zero-order valence-corrected chi connectivity index (χ0v) is 21.8. The van der Waals surface area contributed by atoms with E-state index in [1.807, 2.05) is 36.8 Å². The molecule has 186 valence electrons. The van der Waals surface area contributed by atoms with Crippen molar-refractivity contribution in [2.45, 2.75) is 19.8 Å². The number of nitrogens with one attached hydrogen (secondary N) is 2. The van der Waals surface area contributed by atoms with Crippen molar-refractivity contribution in [3.63, 3.8) is 0 Å². The fraction of sp³-hybridized carbons (Fsp3) is 0.0968. The van der Waals surface area contributed by atoms with Crippen LogP contribution in [0.3, 0.4) is 0 Å². The lowest BCUT2D eigenvalue weighted by Gasteiger charge is -2.05. The van der Waals surface area contributed by atoms with Gasteiger partial charge in [-0.3, -0.25) is 15.1 Å². The molecule has 6 aromatic rings. The second kappa shape index (κ2) is 10.4. The Morgan fingerprint density at radius 1 is 0.974 bits per heavy atom. The molecule has 0 radical (unpaired) electrons. The summed E-state index contributed by atoms with van der Waals surface area (Å²) < 4.78 is 0. The van der Waals surface area contributed by atoms with E-state index in [2.05, 4.69) is 86.5 Å². The first-order chi connectivity index (χ1) is 18.7. The number of pyridine rings is 2. The molecule has 0 saturated carbocycles. The number of nitrogens with zero attached hydrogens (tertiary/aromatic N) is 4. The third-order valence-corrected chi connectivity index (χ3v) is 7.50. The Morgan fingerprint density at radius 3 is 2.66 bits per heavy atom. The Bertz CT molecular complexity index is 1850. The van der Waals surface area contributed by atoms with Gasteiger partial charge in [-0.1, -0.05) is 49.1 Å². The summed E-state index contributed by atoms with van der Waals surface area (Å²) in [6.45, 7) is 6.37. The summed E-state index contributed by atoms with van der Waals surface area (Å²) in [7, 11) is 0. The highest BCUT2D eigenvalue weighted by Crippen LogP contribution is 2.30. The third-order valence-electron chi connectivity index (χ3n) is 6.60. The van der Waals surface area contributed by atoms with Crippen LogP contribution < -0.4 is 10.6 Å². The van der Waals surface area contributed by atoms with E-state index in [0.717, 1.165) is 56.0 Å².